The number of rotatable bonds is 4. The van der Waals surface area contributed by atoms with Gasteiger partial charge in [-0.25, -0.2) is 0 Å². The van der Waals surface area contributed by atoms with E-state index in [2.05, 4.69) is 0 Å². The van der Waals surface area contributed by atoms with Gasteiger partial charge in [0, 0.05) is 24.3 Å². The highest BCUT2D eigenvalue weighted by Crippen LogP contribution is 2.49. The number of aliphatic hydroxyl groups is 1. The minimum atomic E-state index is -1.54. The maximum atomic E-state index is 13.6. The predicted molar refractivity (Wildman–Crippen MR) is 108 cm³/mol. The molecular formula is C25H22O3. The second kappa shape index (κ2) is 7.53. The topological polar surface area (TPSA) is 54.4 Å². The van der Waals surface area contributed by atoms with Crippen molar-refractivity contribution in [3.63, 3.8) is 0 Å². The first-order chi connectivity index (χ1) is 13.6. The summed E-state index contributed by atoms with van der Waals surface area (Å²) in [5.74, 6) is -1.27. The lowest BCUT2D eigenvalue weighted by Crippen LogP contribution is -2.49. The molecule has 0 heterocycles. The quantitative estimate of drug-likeness (QED) is 0.687. The summed E-state index contributed by atoms with van der Waals surface area (Å²) in [7, 11) is 0. The van der Waals surface area contributed by atoms with Gasteiger partial charge >= 0.3 is 0 Å². The second-order valence-corrected chi connectivity index (χ2v) is 7.43. The first kappa shape index (κ1) is 18.3. The van der Waals surface area contributed by atoms with Gasteiger partial charge in [-0.15, -0.1) is 0 Å². The van der Waals surface area contributed by atoms with Crippen LogP contribution in [0.1, 0.15) is 40.2 Å². The molecule has 3 atom stereocenters. The summed E-state index contributed by atoms with van der Waals surface area (Å²) in [4.78, 5) is 26.3. The maximum absolute atomic E-state index is 13.6. The molecule has 0 aliphatic heterocycles. The Morgan fingerprint density at radius 2 is 1.36 bits per heavy atom. The summed E-state index contributed by atoms with van der Waals surface area (Å²) in [5.41, 5.74) is 0.527. The number of ketones is 2. The Hall–Kier alpha value is -3.04. The SMILES string of the molecule is O=C1C[C@@H](c2ccccc2)[C@H](C(=O)c2ccccc2)[C@@](O)(c2ccccc2)C1. The van der Waals surface area contributed by atoms with Crippen LogP contribution in [0.5, 0.6) is 0 Å². The van der Waals surface area contributed by atoms with Crippen molar-refractivity contribution in [2.24, 2.45) is 5.92 Å². The van der Waals surface area contributed by atoms with Gasteiger partial charge in [0.1, 0.15) is 11.4 Å². The van der Waals surface area contributed by atoms with Gasteiger partial charge in [0.2, 0.25) is 0 Å². The average Bonchev–Trinajstić information content (AvgIpc) is 2.75. The molecule has 0 unspecified atom stereocenters. The Kier molecular flexibility index (Phi) is 4.93. The van der Waals surface area contributed by atoms with Gasteiger partial charge in [-0.05, 0) is 11.1 Å². The molecule has 1 aliphatic rings. The van der Waals surface area contributed by atoms with Gasteiger partial charge in [-0.3, -0.25) is 9.59 Å². The van der Waals surface area contributed by atoms with Crippen LogP contribution in [-0.2, 0) is 10.4 Å². The number of hydrogen-bond acceptors (Lipinski definition) is 3. The minimum absolute atomic E-state index is 0.0303. The van der Waals surface area contributed by atoms with E-state index in [1.54, 1.807) is 24.3 Å². The van der Waals surface area contributed by atoms with Gasteiger partial charge in [0.05, 0.1) is 5.92 Å². The molecule has 0 aromatic heterocycles. The van der Waals surface area contributed by atoms with E-state index in [9.17, 15) is 14.7 Å². The van der Waals surface area contributed by atoms with Crippen molar-refractivity contribution in [3.05, 3.63) is 108 Å². The van der Waals surface area contributed by atoms with Crippen molar-refractivity contribution in [2.75, 3.05) is 0 Å². The molecule has 4 rings (SSSR count). The van der Waals surface area contributed by atoms with Crippen molar-refractivity contribution in [1.29, 1.82) is 0 Å². The lowest BCUT2D eigenvalue weighted by Gasteiger charge is -2.43. The fourth-order valence-corrected chi connectivity index (χ4v) is 4.38. The van der Waals surface area contributed by atoms with E-state index in [1.165, 1.54) is 0 Å². The van der Waals surface area contributed by atoms with Crippen LogP contribution in [0.2, 0.25) is 0 Å². The molecule has 3 heteroatoms. The molecule has 3 aromatic rings. The van der Waals surface area contributed by atoms with E-state index in [4.69, 9.17) is 0 Å². The van der Waals surface area contributed by atoms with Crippen molar-refractivity contribution in [3.8, 4) is 0 Å². The van der Waals surface area contributed by atoms with Crippen LogP contribution in [0.15, 0.2) is 91.0 Å². The lowest BCUT2D eigenvalue weighted by atomic mass is 9.61. The standard InChI is InChI=1S/C25H22O3/c26-21-16-22(18-10-4-1-5-11-18)23(24(27)19-12-6-2-7-13-19)25(28,17-21)20-14-8-3-9-15-20/h1-15,22-23,28H,16-17H2/t22-,23+,25-/m0/s1. The third-order valence-corrected chi connectivity index (χ3v) is 5.67. The van der Waals surface area contributed by atoms with E-state index >= 15 is 0 Å². The van der Waals surface area contributed by atoms with Gasteiger partial charge in [0.15, 0.2) is 5.78 Å². The zero-order chi connectivity index (χ0) is 19.6. The molecule has 140 valence electrons. The summed E-state index contributed by atoms with van der Waals surface area (Å²) in [6.45, 7) is 0. The fraction of sp³-hybridized carbons (Fsp3) is 0.200. The van der Waals surface area contributed by atoms with Gasteiger partial charge in [-0.1, -0.05) is 91.0 Å². The Labute approximate surface area is 164 Å². The lowest BCUT2D eigenvalue weighted by molar-refractivity contribution is -0.133. The summed E-state index contributed by atoms with van der Waals surface area (Å²) >= 11 is 0. The molecule has 0 amide bonds. The fourth-order valence-electron chi connectivity index (χ4n) is 4.38. The van der Waals surface area contributed by atoms with Crippen molar-refractivity contribution < 1.29 is 14.7 Å². The van der Waals surface area contributed by atoms with Crippen LogP contribution in [-0.4, -0.2) is 16.7 Å². The third kappa shape index (κ3) is 3.30. The molecule has 3 aromatic carbocycles. The smallest absolute Gasteiger partial charge is 0.169 e. The summed E-state index contributed by atoms with van der Waals surface area (Å²) < 4.78 is 0. The van der Waals surface area contributed by atoms with E-state index in [1.807, 2.05) is 66.7 Å². The number of carbonyl (C=O) groups is 2. The largest absolute Gasteiger partial charge is 0.384 e. The van der Waals surface area contributed by atoms with E-state index in [-0.39, 0.29) is 30.3 Å². The molecule has 1 N–H and O–H groups in total. The zero-order valence-corrected chi connectivity index (χ0v) is 15.5. The monoisotopic (exact) mass is 370 g/mol. The van der Waals surface area contributed by atoms with Crippen LogP contribution in [0.25, 0.3) is 0 Å². The number of benzene rings is 3. The molecule has 3 nitrogen and oxygen atoms in total. The molecular weight excluding hydrogens is 348 g/mol. The summed E-state index contributed by atoms with van der Waals surface area (Å²) in [6, 6.07) is 27.7. The number of Topliss-reactive ketones (excluding diaryl/α,β-unsaturated/α-hetero) is 2. The molecule has 0 bridgehead atoms. The number of carbonyl (C=O) groups excluding carboxylic acids is 2. The van der Waals surface area contributed by atoms with E-state index in [0.29, 0.717) is 11.1 Å². The predicted octanol–water partition coefficient (Wildman–Crippen LogP) is 4.52. The van der Waals surface area contributed by atoms with Crippen LogP contribution in [0.3, 0.4) is 0 Å². The molecule has 0 saturated heterocycles. The van der Waals surface area contributed by atoms with E-state index < -0.39 is 11.5 Å². The van der Waals surface area contributed by atoms with Crippen LogP contribution < -0.4 is 0 Å². The Balaban J connectivity index is 1.88. The van der Waals surface area contributed by atoms with E-state index in [0.717, 1.165) is 5.56 Å². The van der Waals surface area contributed by atoms with Crippen LogP contribution in [0, 0.1) is 5.92 Å². The highest BCUT2D eigenvalue weighted by Gasteiger charge is 2.52. The minimum Gasteiger partial charge on any atom is -0.384 e. The number of hydrogen-bond donors (Lipinski definition) is 1. The summed E-state index contributed by atoms with van der Waals surface area (Å²) in [5, 5.41) is 11.8. The molecule has 1 fully saturated rings. The Morgan fingerprint density at radius 3 is 1.96 bits per heavy atom. The average molecular weight is 370 g/mol. The van der Waals surface area contributed by atoms with Gasteiger partial charge < -0.3 is 5.11 Å². The first-order valence-electron chi connectivity index (χ1n) is 9.53. The van der Waals surface area contributed by atoms with Gasteiger partial charge in [0.25, 0.3) is 0 Å². The van der Waals surface area contributed by atoms with Gasteiger partial charge in [-0.2, -0.15) is 0 Å². The third-order valence-electron chi connectivity index (χ3n) is 5.67. The molecule has 1 saturated carbocycles. The Bertz CT molecular complexity index is 966. The van der Waals surface area contributed by atoms with Crippen molar-refractivity contribution >= 4 is 11.6 Å². The van der Waals surface area contributed by atoms with Crippen LogP contribution >= 0.6 is 0 Å². The first-order valence-corrected chi connectivity index (χ1v) is 9.53. The highest BCUT2D eigenvalue weighted by atomic mass is 16.3. The highest BCUT2D eigenvalue weighted by molar-refractivity contribution is 6.01. The van der Waals surface area contributed by atoms with Crippen molar-refractivity contribution in [2.45, 2.75) is 24.4 Å². The Morgan fingerprint density at radius 1 is 0.821 bits per heavy atom. The molecule has 28 heavy (non-hydrogen) atoms. The normalized spacial score (nSPS) is 24.7. The molecule has 0 spiro atoms. The summed E-state index contributed by atoms with van der Waals surface area (Å²) in [6.07, 6.45) is 0.200. The molecule has 0 radical (unpaired) electrons. The second-order valence-electron chi connectivity index (χ2n) is 7.43. The van der Waals surface area contributed by atoms with Crippen molar-refractivity contribution in [1.82, 2.24) is 0 Å². The molecule has 1 aliphatic carbocycles. The zero-order valence-electron chi connectivity index (χ0n) is 15.5. The van der Waals surface area contributed by atoms with Crippen LogP contribution in [0.4, 0.5) is 0 Å². The maximum Gasteiger partial charge on any atom is 0.169 e.